The SMILES string of the molecule is COc1nc(OC(F)(F)F)cc(C#N)c1C(F)F. The Morgan fingerprint density at radius 1 is 1.39 bits per heavy atom. The second kappa shape index (κ2) is 5.03. The van der Waals surface area contributed by atoms with Gasteiger partial charge in [0.15, 0.2) is 0 Å². The number of hydrogen-bond acceptors (Lipinski definition) is 4. The number of rotatable bonds is 3. The molecule has 4 nitrogen and oxygen atoms in total. The van der Waals surface area contributed by atoms with Gasteiger partial charge in [0.25, 0.3) is 6.43 Å². The van der Waals surface area contributed by atoms with Crippen LogP contribution in [0.2, 0.25) is 0 Å². The first-order valence-electron chi connectivity index (χ1n) is 4.31. The molecule has 98 valence electrons. The van der Waals surface area contributed by atoms with Crippen LogP contribution in [0.15, 0.2) is 6.07 Å². The second-order valence-corrected chi connectivity index (χ2v) is 2.89. The zero-order valence-electron chi connectivity index (χ0n) is 8.76. The predicted octanol–water partition coefficient (Wildman–Crippen LogP) is 2.80. The summed E-state index contributed by atoms with van der Waals surface area (Å²) in [4.78, 5) is 3.11. The van der Waals surface area contributed by atoms with Crippen LogP contribution >= 0.6 is 0 Å². The maximum Gasteiger partial charge on any atom is 0.574 e. The molecule has 0 amide bonds. The van der Waals surface area contributed by atoms with E-state index < -0.39 is 35.7 Å². The van der Waals surface area contributed by atoms with Gasteiger partial charge in [-0.3, -0.25) is 0 Å². The van der Waals surface area contributed by atoms with Gasteiger partial charge >= 0.3 is 6.36 Å². The fourth-order valence-electron chi connectivity index (χ4n) is 1.14. The van der Waals surface area contributed by atoms with Crippen molar-refractivity contribution in [1.82, 2.24) is 4.98 Å². The van der Waals surface area contributed by atoms with Crippen LogP contribution in [0.5, 0.6) is 11.8 Å². The number of nitriles is 1. The number of nitrogens with zero attached hydrogens (tertiary/aromatic N) is 2. The number of methoxy groups -OCH3 is 1. The molecule has 0 radical (unpaired) electrons. The van der Waals surface area contributed by atoms with Gasteiger partial charge in [-0.2, -0.15) is 10.2 Å². The van der Waals surface area contributed by atoms with Crippen LogP contribution < -0.4 is 9.47 Å². The monoisotopic (exact) mass is 268 g/mol. The summed E-state index contributed by atoms with van der Waals surface area (Å²) >= 11 is 0. The third-order valence-corrected chi connectivity index (χ3v) is 1.75. The summed E-state index contributed by atoms with van der Waals surface area (Å²) in [6.07, 6.45) is -8.15. The molecule has 1 rings (SSSR count). The van der Waals surface area contributed by atoms with E-state index in [1.54, 1.807) is 0 Å². The fourth-order valence-corrected chi connectivity index (χ4v) is 1.14. The van der Waals surface area contributed by atoms with E-state index in [9.17, 15) is 22.0 Å². The van der Waals surface area contributed by atoms with Crippen LogP contribution in [0.4, 0.5) is 22.0 Å². The van der Waals surface area contributed by atoms with Crippen molar-refractivity contribution in [2.45, 2.75) is 12.8 Å². The summed E-state index contributed by atoms with van der Waals surface area (Å²) in [5.74, 6) is -1.83. The summed E-state index contributed by atoms with van der Waals surface area (Å²) in [5.41, 5.74) is -1.58. The van der Waals surface area contributed by atoms with Crippen LogP contribution in [0.1, 0.15) is 17.6 Å². The van der Waals surface area contributed by atoms with Crippen molar-refractivity contribution in [1.29, 1.82) is 5.26 Å². The first kappa shape index (κ1) is 14.0. The van der Waals surface area contributed by atoms with Crippen molar-refractivity contribution < 1.29 is 31.4 Å². The Labute approximate surface area is 97.6 Å². The lowest BCUT2D eigenvalue weighted by Crippen LogP contribution is -2.18. The van der Waals surface area contributed by atoms with Gasteiger partial charge < -0.3 is 9.47 Å². The number of ether oxygens (including phenoxy) is 2. The number of hydrogen-bond donors (Lipinski definition) is 0. The lowest BCUT2D eigenvalue weighted by Gasteiger charge is -2.12. The Hall–Kier alpha value is -2.11. The molecule has 1 aromatic heterocycles. The highest BCUT2D eigenvalue weighted by atomic mass is 19.4. The van der Waals surface area contributed by atoms with Gasteiger partial charge in [0, 0.05) is 6.07 Å². The molecule has 0 aliphatic rings. The first-order chi connectivity index (χ1) is 8.28. The number of halogens is 5. The molecular formula is C9H5F5N2O2. The number of alkyl halides is 5. The minimum absolute atomic E-state index is 0.470. The topological polar surface area (TPSA) is 55.1 Å². The van der Waals surface area contributed by atoms with Gasteiger partial charge in [0.2, 0.25) is 11.8 Å². The molecule has 0 aromatic carbocycles. The van der Waals surface area contributed by atoms with Gasteiger partial charge in [-0.25, -0.2) is 8.78 Å². The molecule has 1 heterocycles. The fraction of sp³-hybridized carbons (Fsp3) is 0.333. The van der Waals surface area contributed by atoms with Gasteiger partial charge in [-0.15, -0.1) is 13.2 Å². The maximum absolute atomic E-state index is 12.6. The van der Waals surface area contributed by atoms with E-state index in [2.05, 4.69) is 14.5 Å². The first-order valence-corrected chi connectivity index (χ1v) is 4.31. The van der Waals surface area contributed by atoms with Crippen LogP contribution in [0, 0.1) is 11.3 Å². The third-order valence-electron chi connectivity index (χ3n) is 1.75. The van der Waals surface area contributed by atoms with Crippen molar-refractivity contribution >= 4 is 0 Å². The Morgan fingerprint density at radius 2 is 2.00 bits per heavy atom. The minimum Gasteiger partial charge on any atom is -0.481 e. The Kier molecular flexibility index (Phi) is 3.90. The molecule has 0 atom stereocenters. The van der Waals surface area contributed by atoms with Gasteiger partial charge in [-0.1, -0.05) is 0 Å². The molecule has 1 aromatic rings. The molecule has 0 aliphatic carbocycles. The molecule has 0 fully saturated rings. The molecule has 18 heavy (non-hydrogen) atoms. The lowest BCUT2D eigenvalue weighted by atomic mass is 10.1. The standard InChI is InChI=1S/C9H5F5N2O2/c1-17-8-6(7(10)11)4(3-15)2-5(16-8)18-9(12,13)14/h2,7H,1H3. The normalized spacial score (nSPS) is 11.2. The summed E-state index contributed by atoms with van der Waals surface area (Å²) in [5, 5.41) is 8.61. The van der Waals surface area contributed by atoms with Crippen LogP contribution in [0.25, 0.3) is 0 Å². The second-order valence-electron chi connectivity index (χ2n) is 2.89. The third kappa shape index (κ3) is 3.19. The van der Waals surface area contributed by atoms with Crippen LogP contribution in [-0.4, -0.2) is 18.5 Å². The van der Waals surface area contributed by atoms with Crippen molar-refractivity contribution in [2.75, 3.05) is 7.11 Å². The highest BCUT2D eigenvalue weighted by molar-refractivity contribution is 5.46. The highest BCUT2D eigenvalue weighted by Crippen LogP contribution is 2.34. The predicted molar refractivity (Wildman–Crippen MR) is 47.1 cm³/mol. The molecule has 0 aliphatic heterocycles. The average molecular weight is 268 g/mol. The molecule has 0 unspecified atom stereocenters. The quantitative estimate of drug-likeness (QED) is 0.791. The summed E-state index contributed by atoms with van der Waals surface area (Å²) < 4.78 is 68.9. The average Bonchev–Trinajstić information content (AvgIpc) is 2.24. The molecular weight excluding hydrogens is 263 g/mol. The van der Waals surface area contributed by atoms with Crippen molar-refractivity contribution in [3.8, 4) is 17.8 Å². The number of aromatic nitrogens is 1. The van der Waals surface area contributed by atoms with Crippen molar-refractivity contribution in [2.24, 2.45) is 0 Å². The molecule has 0 bridgehead atoms. The van der Waals surface area contributed by atoms with E-state index in [0.717, 1.165) is 7.11 Å². The highest BCUT2D eigenvalue weighted by Gasteiger charge is 2.33. The van der Waals surface area contributed by atoms with E-state index in [0.29, 0.717) is 6.07 Å². The zero-order valence-corrected chi connectivity index (χ0v) is 8.76. The maximum atomic E-state index is 12.6. The van der Waals surface area contributed by atoms with Crippen molar-refractivity contribution in [3.63, 3.8) is 0 Å². The van der Waals surface area contributed by atoms with E-state index in [-0.39, 0.29) is 0 Å². The summed E-state index contributed by atoms with van der Waals surface area (Å²) in [7, 11) is 0.937. The van der Waals surface area contributed by atoms with Gasteiger partial charge in [0.1, 0.15) is 6.07 Å². The van der Waals surface area contributed by atoms with E-state index >= 15 is 0 Å². The number of pyridine rings is 1. The Balaban J connectivity index is 3.32. The van der Waals surface area contributed by atoms with Crippen LogP contribution in [0.3, 0.4) is 0 Å². The van der Waals surface area contributed by atoms with Crippen molar-refractivity contribution in [3.05, 3.63) is 17.2 Å². The van der Waals surface area contributed by atoms with Gasteiger partial charge in [0.05, 0.1) is 18.2 Å². The lowest BCUT2D eigenvalue weighted by molar-refractivity contribution is -0.276. The van der Waals surface area contributed by atoms with Crippen LogP contribution in [-0.2, 0) is 0 Å². The molecule has 0 saturated heterocycles. The molecule has 0 spiro atoms. The summed E-state index contributed by atoms with van der Waals surface area (Å²) in [6.45, 7) is 0. The largest absolute Gasteiger partial charge is 0.574 e. The minimum atomic E-state index is -5.04. The molecule has 9 heteroatoms. The molecule has 0 N–H and O–H groups in total. The van der Waals surface area contributed by atoms with E-state index in [4.69, 9.17) is 5.26 Å². The van der Waals surface area contributed by atoms with E-state index in [1.165, 1.54) is 6.07 Å². The van der Waals surface area contributed by atoms with E-state index in [1.807, 2.05) is 0 Å². The summed E-state index contributed by atoms with van der Waals surface area (Å²) in [6, 6.07) is 1.80. The Morgan fingerprint density at radius 3 is 2.39 bits per heavy atom. The zero-order chi connectivity index (χ0) is 13.9. The Bertz CT molecular complexity index is 481. The van der Waals surface area contributed by atoms with Gasteiger partial charge in [-0.05, 0) is 0 Å². The molecule has 0 saturated carbocycles. The smallest absolute Gasteiger partial charge is 0.481 e.